The minimum absolute atomic E-state index is 0. The number of hydrogen-bond donors (Lipinski definition) is 1. The molecule has 50 valence electrons. The average Bonchev–Trinajstić information content (AvgIpc) is 1.77. The van der Waals surface area contributed by atoms with Crippen molar-refractivity contribution in [3.05, 3.63) is 24.4 Å². The Hall–Kier alpha value is -0.760. The molecule has 1 rings (SSSR count). The van der Waals surface area contributed by atoms with Gasteiger partial charge in [0.1, 0.15) is 0 Å². The zero-order valence-corrected chi connectivity index (χ0v) is 6.06. The SMILES string of the molecule is C[n+]1ccccc1N.Cl. The summed E-state index contributed by atoms with van der Waals surface area (Å²) in [4.78, 5) is 0. The van der Waals surface area contributed by atoms with Crippen molar-refractivity contribution in [3.63, 3.8) is 0 Å². The maximum Gasteiger partial charge on any atom is 0.271 e. The molecule has 1 aromatic heterocycles. The Labute approximate surface area is 60.7 Å². The summed E-state index contributed by atoms with van der Waals surface area (Å²) in [6, 6.07) is 5.71. The highest BCUT2D eigenvalue weighted by atomic mass is 35.5. The van der Waals surface area contributed by atoms with Crippen molar-refractivity contribution in [1.29, 1.82) is 0 Å². The second-order valence-electron chi connectivity index (χ2n) is 1.74. The van der Waals surface area contributed by atoms with E-state index in [-0.39, 0.29) is 12.4 Å². The molecule has 9 heavy (non-hydrogen) atoms. The molecule has 0 spiro atoms. The summed E-state index contributed by atoms with van der Waals surface area (Å²) in [5.41, 5.74) is 5.48. The van der Waals surface area contributed by atoms with Crippen molar-refractivity contribution in [3.8, 4) is 0 Å². The third kappa shape index (κ3) is 1.90. The molecule has 0 fully saturated rings. The van der Waals surface area contributed by atoms with E-state index in [1.165, 1.54) is 0 Å². The van der Waals surface area contributed by atoms with E-state index in [0.717, 1.165) is 5.82 Å². The van der Waals surface area contributed by atoms with E-state index >= 15 is 0 Å². The van der Waals surface area contributed by atoms with Crippen LogP contribution in [0.5, 0.6) is 0 Å². The highest BCUT2D eigenvalue weighted by Crippen LogP contribution is 1.86. The van der Waals surface area contributed by atoms with Crippen LogP contribution >= 0.6 is 12.4 Å². The van der Waals surface area contributed by atoms with Crippen LogP contribution in [0.1, 0.15) is 0 Å². The molecule has 0 amide bonds. The van der Waals surface area contributed by atoms with Crippen molar-refractivity contribution < 1.29 is 4.57 Å². The normalized spacial score (nSPS) is 8.11. The second-order valence-corrected chi connectivity index (χ2v) is 1.74. The van der Waals surface area contributed by atoms with Crippen LogP contribution in [0.15, 0.2) is 24.4 Å². The van der Waals surface area contributed by atoms with Gasteiger partial charge in [-0.05, 0) is 6.07 Å². The Morgan fingerprint density at radius 3 is 2.44 bits per heavy atom. The Morgan fingerprint density at radius 1 is 1.44 bits per heavy atom. The Kier molecular flexibility index (Phi) is 3.02. The maximum atomic E-state index is 5.48. The predicted octanol–water partition coefficient (Wildman–Crippen LogP) is 0.515. The number of anilines is 1. The van der Waals surface area contributed by atoms with Gasteiger partial charge in [0.05, 0.1) is 13.2 Å². The first-order valence-corrected chi connectivity index (χ1v) is 2.51. The molecule has 3 heteroatoms. The van der Waals surface area contributed by atoms with E-state index < -0.39 is 0 Å². The molecule has 0 aliphatic heterocycles. The number of aromatic nitrogens is 1. The summed E-state index contributed by atoms with van der Waals surface area (Å²) in [6.07, 6.45) is 1.91. The van der Waals surface area contributed by atoms with Crippen molar-refractivity contribution in [1.82, 2.24) is 0 Å². The molecular formula is C6H10ClN2+. The third-order valence-electron chi connectivity index (χ3n) is 1.10. The fourth-order valence-electron chi connectivity index (χ4n) is 0.537. The molecule has 2 nitrogen and oxygen atoms in total. The minimum Gasteiger partial charge on any atom is -0.287 e. The molecule has 0 aromatic carbocycles. The fourth-order valence-corrected chi connectivity index (χ4v) is 0.537. The zero-order chi connectivity index (χ0) is 5.98. The van der Waals surface area contributed by atoms with Gasteiger partial charge in [-0.1, -0.05) is 6.07 Å². The summed E-state index contributed by atoms with van der Waals surface area (Å²) in [6.45, 7) is 0. The number of pyridine rings is 1. The van der Waals surface area contributed by atoms with Gasteiger partial charge in [-0.25, -0.2) is 4.57 Å². The van der Waals surface area contributed by atoms with Gasteiger partial charge in [-0.2, -0.15) is 0 Å². The zero-order valence-electron chi connectivity index (χ0n) is 5.24. The van der Waals surface area contributed by atoms with E-state index in [1.54, 1.807) is 0 Å². The first-order chi connectivity index (χ1) is 3.80. The van der Waals surface area contributed by atoms with Gasteiger partial charge < -0.3 is 0 Å². The first-order valence-electron chi connectivity index (χ1n) is 2.51. The molecule has 0 aliphatic carbocycles. The van der Waals surface area contributed by atoms with Crippen molar-refractivity contribution in [2.24, 2.45) is 7.05 Å². The number of halogens is 1. The summed E-state index contributed by atoms with van der Waals surface area (Å²) >= 11 is 0. The van der Waals surface area contributed by atoms with Gasteiger partial charge in [0.25, 0.3) is 5.82 Å². The highest BCUT2D eigenvalue weighted by molar-refractivity contribution is 5.85. The highest BCUT2D eigenvalue weighted by Gasteiger charge is 1.90. The molecule has 0 saturated heterocycles. The molecule has 0 atom stereocenters. The number of nitrogens with two attached hydrogens (primary N) is 1. The predicted molar refractivity (Wildman–Crippen MR) is 39.3 cm³/mol. The van der Waals surface area contributed by atoms with E-state index in [4.69, 9.17) is 5.73 Å². The van der Waals surface area contributed by atoms with E-state index in [1.807, 2.05) is 36.0 Å². The summed E-state index contributed by atoms with van der Waals surface area (Å²) in [7, 11) is 1.91. The summed E-state index contributed by atoms with van der Waals surface area (Å²) < 4.78 is 1.86. The largest absolute Gasteiger partial charge is 0.287 e. The van der Waals surface area contributed by atoms with E-state index in [0.29, 0.717) is 0 Å². The van der Waals surface area contributed by atoms with E-state index in [2.05, 4.69) is 0 Å². The lowest BCUT2D eigenvalue weighted by molar-refractivity contribution is -0.656. The lowest BCUT2D eigenvalue weighted by Crippen LogP contribution is -2.30. The molecule has 0 saturated carbocycles. The van der Waals surface area contributed by atoms with Gasteiger partial charge in [0, 0.05) is 6.07 Å². The topological polar surface area (TPSA) is 29.9 Å². The Morgan fingerprint density at radius 2 is 2.11 bits per heavy atom. The van der Waals surface area contributed by atoms with Gasteiger partial charge in [-0.3, -0.25) is 5.73 Å². The lowest BCUT2D eigenvalue weighted by Gasteiger charge is -1.89. The fraction of sp³-hybridized carbons (Fsp3) is 0.167. The van der Waals surface area contributed by atoms with Gasteiger partial charge in [0.15, 0.2) is 0 Å². The standard InChI is InChI=1S/C6H8N2.ClH/c1-8-5-3-2-4-6(8)7;/h2-5,7H,1H3;1H/p+1. The smallest absolute Gasteiger partial charge is 0.271 e. The molecule has 0 radical (unpaired) electrons. The number of rotatable bonds is 0. The minimum atomic E-state index is 0. The lowest BCUT2D eigenvalue weighted by atomic mass is 10.5. The van der Waals surface area contributed by atoms with Crippen LogP contribution in [0.4, 0.5) is 5.82 Å². The van der Waals surface area contributed by atoms with Crippen LogP contribution in [-0.4, -0.2) is 0 Å². The molecule has 0 aliphatic rings. The summed E-state index contributed by atoms with van der Waals surface area (Å²) in [5.74, 6) is 0.785. The molecule has 1 heterocycles. The average molecular weight is 146 g/mol. The van der Waals surface area contributed by atoms with Gasteiger partial charge in [-0.15, -0.1) is 12.4 Å². The quantitative estimate of drug-likeness (QED) is 0.530. The van der Waals surface area contributed by atoms with Gasteiger partial charge >= 0.3 is 0 Å². The monoisotopic (exact) mass is 145 g/mol. The van der Waals surface area contributed by atoms with Crippen molar-refractivity contribution >= 4 is 18.2 Å². The maximum absolute atomic E-state index is 5.48. The van der Waals surface area contributed by atoms with Crippen LogP contribution in [0.3, 0.4) is 0 Å². The molecule has 0 unspecified atom stereocenters. The molecule has 0 bridgehead atoms. The van der Waals surface area contributed by atoms with Gasteiger partial charge in [0.2, 0.25) is 0 Å². The Balaban J connectivity index is 0.000000640. The number of nitrogen functional groups attached to an aromatic ring is 1. The second kappa shape index (κ2) is 3.30. The number of nitrogens with zero attached hydrogens (tertiary/aromatic N) is 1. The van der Waals surface area contributed by atoms with Crippen LogP contribution < -0.4 is 10.3 Å². The van der Waals surface area contributed by atoms with Crippen LogP contribution in [0.25, 0.3) is 0 Å². The van der Waals surface area contributed by atoms with Crippen LogP contribution in [0.2, 0.25) is 0 Å². The Bertz CT molecular complexity index is 167. The summed E-state index contributed by atoms with van der Waals surface area (Å²) in [5, 5.41) is 0. The van der Waals surface area contributed by atoms with Crippen molar-refractivity contribution in [2.45, 2.75) is 0 Å². The molecular weight excluding hydrogens is 136 g/mol. The van der Waals surface area contributed by atoms with Crippen LogP contribution in [0, 0.1) is 0 Å². The number of aryl methyl sites for hydroxylation is 1. The first kappa shape index (κ1) is 8.24. The third-order valence-corrected chi connectivity index (χ3v) is 1.10. The van der Waals surface area contributed by atoms with Crippen LogP contribution in [-0.2, 0) is 7.05 Å². The molecule has 1 aromatic rings. The van der Waals surface area contributed by atoms with E-state index in [9.17, 15) is 0 Å². The van der Waals surface area contributed by atoms with Crippen molar-refractivity contribution in [2.75, 3.05) is 5.73 Å². The number of hydrogen-bond acceptors (Lipinski definition) is 1. The molecule has 2 N–H and O–H groups in total.